The number of nitrogens with zero attached hydrogens (tertiary/aromatic N) is 1. The van der Waals surface area contributed by atoms with Crippen LogP contribution in [-0.4, -0.2) is 28.9 Å². The molecular formula is C29H28Cl2FN3O2. The topological polar surface area (TPSA) is 61.4 Å². The summed E-state index contributed by atoms with van der Waals surface area (Å²) in [5.41, 5.74) is 0.949. The number of carbonyl (C=O) groups is 2. The first kappa shape index (κ1) is 25.6. The summed E-state index contributed by atoms with van der Waals surface area (Å²) in [6.45, 7) is 6.06. The molecule has 2 N–H and O–H groups in total. The molecule has 0 saturated carbocycles. The van der Waals surface area contributed by atoms with Crippen molar-refractivity contribution in [1.82, 2.24) is 10.2 Å². The second-order valence-electron chi connectivity index (χ2n) is 10.7. The van der Waals surface area contributed by atoms with Gasteiger partial charge in [-0.1, -0.05) is 53.5 Å². The van der Waals surface area contributed by atoms with Gasteiger partial charge in [0.1, 0.15) is 11.2 Å². The van der Waals surface area contributed by atoms with Crippen molar-refractivity contribution >= 4 is 40.8 Å². The first-order chi connectivity index (χ1) is 17.5. The molecule has 0 aliphatic carbocycles. The quantitative estimate of drug-likeness (QED) is 0.366. The summed E-state index contributed by atoms with van der Waals surface area (Å²) in [5.74, 6) is -1.05. The van der Waals surface area contributed by atoms with Crippen LogP contribution in [0.1, 0.15) is 55.8 Å². The number of anilines is 1. The minimum Gasteiger partial charge on any atom is -0.333 e. The van der Waals surface area contributed by atoms with Gasteiger partial charge in [-0.3, -0.25) is 4.79 Å². The van der Waals surface area contributed by atoms with Crippen LogP contribution in [0.25, 0.3) is 0 Å². The number of carbonyl (C=O) groups excluding carboxylic acids is 2. The molecule has 5 rings (SSSR count). The Morgan fingerprint density at radius 2 is 1.73 bits per heavy atom. The molecule has 0 bridgehead atoms. The molecule has 8 heteroatoms. The second kappa shape index (κ2) is 9.34. The minimum atomic E-state index is -1.26. The van der Waals surface area contributed by atoms with Crippen LogP contribution in [0.3, 0.4) is 0 Å². The lowest BCUT2D eigenvalue weighted by Crippen LogP contribution is -2.61. The number of piperidine rings is 1. The highest BCUT2D eigenvalue weighted by Crippen LogP contribution is 2.60. The van der Waals surface area contributed by atoms with Crippen LogP contribution in [0, 0.1) is 5.82 Å². The smallest absolute Gasteiger partial charge is 0.318 e. The van der Waals surface area contributed by atoms with Crippen molar-refractivity contribution in [1.29, 1.82) is 0 Å². The van der Waals surface area contributed by atoms with Crippen LogP contribution in [0.2, 0.25) is 10.0 Å². The van der Waals surface area contributed by atoms with Gasteiger partial charge in [0.25, 0.3) is 0 Å². The van der Waals surface area contributed by atoms with Gasteiger partial charge < -0.3 is 15.5 Å². The summed E-state index contributed by atoms with van der Waals surface area (Å²) in [4.78, 5) is 29.7. The van der Waals surface area contributed by atoms with Gasteiger partial charge in [0.15, 0.2) is 0 Å². The van der Waals surface area contributed by atoms with Crippen molar-refractivity contribution in [3.63, 3.8) is 0 Å². The zero-order chi connectivity index (χ0) is 26.5. The number of urea groups is 1. The van der Waals surface area contributed by atoms with Gasteiger partial charge >= 0.3 is 6.03 Å². The number of hydrogen-bond acceptors (Lipinski definition) is 2. The SMILES string of the molecule is CC(C)(C)NC(=O)N1CC[C@@H](c2cccc(Cl)c2)[C@]2(C(=O)Nc3cc(Cl)ccc32)[C@H]1c1cccc(F)c1. The third kappa shape index (κ3) is 4.47. The van der Waals surface area contributed by atoms with Crippen molar-refractivity contribution in [3.8, 4) is 0 Å². The Labute approximate surface area is 226 Å². The van der Waals surface area contributed by atoms with Gasteiger partial charge in [-0.2, -0.15) is 0 Å². The fourth-order valence-corrected chi connectivity index (χ4v) is 6.26. The van der Waals surface area contributed by atoms with Gasteiger partial charge in [0.2, 0.25) is 5.91 Å². The minimum absolute atomic E-state index is 0.266. The Morgan fingerprint density at radius 3 is 2.43 bits per heavy atom. The zero-order valence-corrected chi connectivity index (χ0v) is 22.3. The van der Waals surface area contributed by atoms with Gasteiger partial charge in [-0.15, -0.1) is 0 Å². The zero-order valence-electron chi connectivity index (χ0n) is 20.8. The number of rotatable bonds is 2. The third-order valence-corrected chi connectivity index (χ3v) is 7.63. The van der Waals surface area contributed by atoms with Crippen molar-refractivity contribution in [2.75, 3.05) is 11.9 Å². The van der Waals surface area contributed by atoms with Crippen LogP contribution < -0.4 is 10.6 Å². The maximum Gasteiger partial charge on any atom is 0.318 e. The van der Waals surface area contributed by atoms with Crippen molar-refractivity contribution in [2.24, 2.45) is 0 Å². The van der Waals surface area contributed by atoms with Crippen molar-refractivity contribution in [3.05, 3.63) is 99.3 Å². The first-order valence-electron chi connectivity index (χ1n) is 12.2. The third-order valence-electron chi connectivity index (χ3n) is 7.16. The lowest BCUT2D eigenvalue weighted by Gasteiger charge is -2.52. The Balaban J connectivity index is 1.80. The van der Waals surface area contributed by atoms with E-state index in [-0.39, 0.29) is 17.9 Å². The second-order valence-corrected chi connectivity index (χ2v) is 11.6. The predicted molar refractivity (Wildman–Crippen MR) is 145 cm³/mol. The Hall–Kier alpha value is -3.09. The largest absolute Gasteiger partial charge is 0.333 e. The molecular weight excluding hydrogens is 512 g/mol. The molecule has 3 atom stereocenters. The number of fused-ring (bicyclic) bond motifs is 2. The Bertz CT molecular complexity index is 1390. The molecule has 2 heterocycles. The summed E-state index contributed by atoms with van der Waals surface area (Å²) < 4.78 is 14.7. The molecule has 5 nitrogen and oxygen atoms in total. The fourth-order valence-electron chi connectivity index (χ4n) is 5.89. The van der Waals surface area contributed by atoms with E-state index in [1.54, 1.807) is 35.2 Å². The summed E-state index contributed by atoms with van der Waals surface area (Å²) in [7, 11) is 0. The van der Waals surface area contributed by atoms with E-state index in [0.717, 1.165) is 11.1 Å². The van der Waals surface area contributed by atoms with Gasteiger partial charge in [-0.05, 0) is 80.3 Å². The van der Waals surface area contributed by atoms with Gasteiger partial charge in [0, 0.05) is 33.7 Å². The van der Waals surface area contributed by atoms with E-state index in [0.29, 0.717) is 34.3 Å². The number of amides is 3. The molecule has 1 spiro atoms. The first-order valence-corrected chi connectivity index (χ1v) is 13.0. The summed E-state index contributed by atoms with van der Waals surface area (Å²) >= 11 is 12.7. The molecule has 3 aromatic rings. The van der Waals surface area contributed by atoms with Crippen LogP contribution >= 0.6 is 23.2 Å². The molecule has 0 aromatic heterocycles. The number of hydrogen-bond donors (Lipinski definition) is 2. The highest BCUT2D eigenvalue weighted by atomic mass is 35.5. The standard InChI is InChI=1S/C29H28Cl2FN3O2/c1-28(2,3)34-27(37)35-13-12-22(17-6-4-8-19(30)14-17)29(25(35)18-7-5-9-21(32)15-18)23-11-10-20(31)16-24(23)33-26(29)36/h4-11,14-16,22,25H,12-13H2,1-3H3,(H,33,36)(H,34,37)/t22-,25+,29+/m0/s1. The van der Waals surface area contributed by atoms with Crippen molar-refractivity contribution < 1.29 is 14.0 Å². The Kier molecular flexibility index (Phi) is 6.45. The predicted octanol–water partition coefficient (Wildman–Crippen LogP) is 7.06. The molecule has 3 aromatic carbocycles. The molecule has 2 aliphatic heterocycles. The molecule has 192 valence electrons. The molecule has 1 fully saturated rings. The van der Waals surface area contributed by atoms with Crippen LogP contribution in [0.15, 0.2) is 66.7 Å². The molecule has 37 heavy (non-hydrogen) atoms. The molecule has 3 amide bonds. The van der Waals surface area contributed by atoms with E-state index in [1.807, 2.05) is 45.0 Å². The lowest BCUT2D eigenvalue weighted by molar-refractivity contribution is -0.126. The highest BCUT2D eigenvalue weighted by molar-refractivity contribution is 6.31. The van der Waals surface area contributed by atoms with E-state index in [1.165, 1.54) is 12.1 Å². The van der Waals surface area contributed by atoms with Crippen LogP contribution in [0.4, 0.5) is 14.9 Å². The molecule has 1 saturated heterocycles. The van der Waals surface area contributed by atoms with E-state index in [9.17, 15) is 14.0 Å². The number of likely N-dealkylation sites (tertiary alicyclic amines) is 1. The molecule has 0 unspecified atom stereocenters. The average molecular weight is 540 g/mol. The Morgan fingerprint density at radius 1 is 1.03 bits per heavy atom. The monoisotopic (exact) mass is 539 g/mol. The fraction of sp³-hybridized carbons (Fsp3) is 0.310. The van der Waals surface area contributed by atoms with Crippen LogP contribution in [-0.2, 0) is 10.2 Å². The van der Waals surface area contributed by atoms with Crippen LogP contribution in [0.5, 0.6) is 0 Å². The summed E-state index contributed by atoms with van der Waals surface area (Å²) in [6, 6.07) is 17.8. The molecule has 0 radical (unpaired) electrons. The van der Waals surface area contributed by atoms with E-state index < -0.39 is 22.8 Å². The van der Waals surface area contributed by atoms with Gasteiger partial charge in [0.05, 0.1) is 6.04 Å². The number of halogens is 3. The van der Waals surface area contributed by atoms with Crippen molar-refractivity contribution in [2.45, 2.75) is 50.1 Å². The maximum atomic E-state index is 14.7. The van der Waals surface area contributed by atoms with Gasteiger partial charge in [-0.25, -0.2) is 9.18 Å². The van der Waals surface area contributed by atoms with E-state index >= 15 is 0 Å². The normalized spacial score (nSPS) is 23.1. The van der Waals surface area contributed by atoms with E-state index in [2.05, 4.69) is 10.6 Å². The highest BCUT2D eigenvalue weighted by Gasteiger charge is 2.62. The summed E-state index contributed by atoms with van der Waals surface area (Å²) in [5, 5.41) is 7.10. The summed E-state index contributed by atoms with van der Waals surface area (Å²) in [6.07, 6.45) is 0.499. The average Bonchev–Trinajstić information content (AvgIpc) is 3.08. The number of benzene rings is 3. The maximum absolute atomic E-state index is 14.7. The number of nitrogens with one attached hydrogen (secondary N) is 2. The lowest BCUT2D eigenvalue weighted by atomic mass is 9.59. The molecule has 2 aliphatic rings. The van der Waals surface area contributed by atoms with E-state index in [4.69, 9.17) is 23.2 Å².